The summed E-state index contributed by atoms with van der Waals surface area (Å²) in [4.78, 5) is 15.1. The van der Waals surface area contributed by atoms with E-state index in [2.05, 4.69) is 15.9 Å². The molecule has 1 amide bonds. The average molecular weight is 397 g/mol. The molecule has 2 atom stereocenters. The van der Waals surface area contributed by atoms with Crippen LogP contribution in [0, 0.1) is 0 Å². The molecule has 122 valence electrons. The molecule has 1 aliphatic rings. The van der Waals surface area contributed by atoms with Crippen LogP contribution in [0.15, 0.2) is 34.1 Å². The maximum absolute atomic E-state index is 12.2. The van der Waals surface area contributed by atoms with E-state index in [9.17, 15) is 4.79 Å². The van der Waals surface area contributed by atoms with Gasteiger partial charge in [-0.3, -0.25) is 4.79 Å². The Labute approximate surface area is 147 Å². The highest BCUT2D eigenvalue weighted by molar-refractivity contribution is 9.11. The summed E-state index contributed by atoms with van der Waals surface area (Å²) in [6.45, 7) is 0.493. The van der Waals surface area contributed by atoms with Crippen LogP contribution >= 0.6 is 27.3 Å². The zero-order valence-corrected chi connectivity index (χ0v) is 15.2. The number of methoxy groups -OCH3 is 2. The number of hydrogen-bond acceptors (Lipinski definition) is 5. The lowest BCUT2D eigenvalue weighted by molar-refractivity contribution is -0.150. The van der Waals surface area contributed by atoms with Crippen molar-refractivity contribution in [2.45, 2.75) is 18.6 Å². The number of benzene rings is 1. The highest BCUT2D eigenvalue weighted by Crippen LogP contribution is 2.40. The Hall–Kier alpha value is -1.57. The van der Waals surface area contributed by atoms with E-state index in [0.717, 1.165) is 14.2 Å². The number of β-lactam (4-membered cyclic amide) rings is 1. The standard InChI is InChI=1S/C16H17BrN2O3S/c1-21-10-4-3-9(7-11(10)22-2)8-19-15(14(18)16(19)20)12-5-6-13(17)23-12/h3-7,14-15H,8,18H2,1-2H3/t14-,15-/m1/s1. The van der Waals surface area contributed by atoms with Crippen LogP contribution in [0.1, 0.15) is 16.5 Å². The molecule has 2 heterocycles. The molecule has 0 aliphatic carbocycles. The number of halogens is 1. The summed E-state index contributed by atoms with van der Waals surface area (Å²) in [6.07, 6.45) is 0. The smallest absolute Gasteiger partial charge is 0.242 e. The van der Waals surface area contributed by atoms with Crippen LogP contribution in [-0.2, 0) is 11.3 Å². The number of nitrogens with zero attached hydrogens (tertiary/aromatic N) is 1. The number of carbonyl (C=O) groups excluding carboxylic acids is 1. The Morgan fingerprint density at radius 2 is 1.96 bits per heavy atom. The minimum Gasteiger partial charge on any atom is -0.493 e. The van der Waals surface area contributed by atoms with E-state index < -0.39 is 6.04 Å². The number of carbonyl (C=O) groups is 1. The third kappa shape index (κ3) is 2.96. The predicted molar refractivity (Wildman–Crippen MR) is 92.8 cm³/mol. The summed E-state index contributed by atoms with van der Waals surface area (Å²) in [6, 6.07) is 9.09. The van der Waals surface area contributed by atoms with Crippen LogP contribution < -0.4 is 15.2 Å². The molecule has 0 radical (unpaired) electrons. The van der Waals surface area contributed by atoms with Gasteiger partial charge in [-0.1, -0.05) is 6.07 Å². The number of thiophene rings is 1. The van der Waals surface area contributed by atoms with Gasteiger partial charge >= 0.3 is 0 Å². The minimum atomic E-state index is -0.472. The summed E-state index contributed by atoms with van der Waals surface area (Å²) < 4.78 is 11.6. The monoisotopic (exact) mass is 396 g/mol. The molecule has 0 bridgehead atoms. The second-order valence-corrected chi connectivity index (χ2v) is 7.76. The number of hydrogen-bond donors (Lipinski definition) is 1. The van der Waals surface area contributed by atoms with Gasteiger partial charge in [0.15, 0.2) is 11.5 Å². The first-order valence-electron chi connectivity index (χ1n) is 7.07. The second kappa shape index (κ2) is 6.51. The Morgan fingerprint density at radius 3 is 2.57 bits per heavy atom. The number of likely N-dealkylation sites (tertiary alicyclic amines) is 1. The summed E-state index contributed by atoms with van der Waals surface area (Å²) >= 11 is 5.06. The summed E-state index contributed by atoms with van der Waals surface area (Å²) in [5.74, 6) is 1.29. The highest BCUT2D eigenvalue weighted by Gasteiger charge is 2.46. The molecule has 1 fully saturated rings. The van der Waals surface area contributed by atoms with Crippen molar-refractivity contribution in [1.29, 1.82) is 0 Å². The Balaban J connectivity index is 1.82. The van der Waals surface area contributed by atoms with Crippen molar-refractivity contribution >= 4 is 33.2 Å². The van der Waals surface area contributed by atoms with Gasteiger partial charge in [-0.25, -0.2) is 0 Å². The van der Waals surface area contributed by atoms with Crippen LogP contribution in [0.25, 0.3) is 0 Å². The molecule has 1 aromatic heterocycles. The zero-order valence-electron chi connectivity index (χ0n) is 12.8. The quantitative estimate of drug-likeness (QED) is 0.788. The zero-order chi connectivity index (χ0) is 16.6. The first-order valence-corrected chi connectivity index (χ1v) is 8.68. The van der Waals surface area contributed by atoms with Crippen molar-refractivity contribution in [3.05, 3.63) is 44.6 Å². The van der Waals surface area contributed by atoms with Gasteiger partial charge in [0.05, 0.1) is 24.0 Å². The number of amides is 1. The second-order valence-electron chi connectivity index (χ2n) is 5.27. The van der Waals surface area contributed by atoms with Crippen LogP contribution in [0.2, 0.25) is 0 Å². The fraction of sp³-hybridized carbons (Fsp3) is 0.312. The van der Waals surface area contributed by atoms with Crippen molar-refractivity contribution < 1.29 is 14.3 Å². The normalized spacial score (nSPS) is 20.3. The minimum absolute atomic E-state index is 0.0330. The lowest BCUT2D eigenvalue weighted by Gasteiger charge is -2.45. The largest absolute Gasteiger partial charge is 0.493 e. The van der Waals surface area contributed by atoms with Gasteiger partial charge in [0.2, 0.25) is 5.91 Å². The van der Waals surface area contributed by atoms with Gasteiger partial charge in [-0.2, -0.15) is 0 Å². The van der Waals surface area contributed by atoms with Crippen molar-refractivity contribution in [1.82, 2.24) is 4.90 Å². The third-order valence-electron chi connectivity index (χ3n) is 3.93. The molecule has 0 saturated carbocycles. The molecule has 5 nitrogen and oxygen atoms in total. The lowest BCUT2D eigenvalue weighted by Crippen LogP contribution is -2.62. The van der Waals surface area contributed by atoms with Gasteiger partial charge in [-0.05, 0) is 45.8 Å². The predicted octanol–water partition coefficient (Wildman–Crippen LogP) is 2.94. The van der Waals surface area contributed by atoms with E-state index in [1.54, 1.807) is 30.5 Å². The number of rotatable bonds is 5. The molecule has 1 aliphatic heterocycles. The molecular weight excluding hydrogens is 380 g/mol. The summed E-state index contributed by atoms with van der Waals surface area (Å²) in [5, 5.41) is 0. The molecule has 0 unspecified atom stereocenters. The molecule has 1 aromatic carbocycles. The van der Waals surface area contributed by atoms with Crippen molar-refractivity contribution in [2.75, 3.05) is 14.2 Å². The summed E-state index contributed by atoms with van der Waals surface area (Å²) in [7, 11) is 3.19. The van der Waals surface area contributed by atoms with Crippen molar-refractivity contribution in [2.24, 2.45) is 5.73 Å². The van der Waals surface area contributed by atoms with Crippen LogP contribution in [-0.4, -0.2) is 31.1 Å². The maximum Gasteiger partial charge on any atom is 0.242 e. The van der Waals surface area contributed by atoms with Crippen LogP contribution in [0.4, 0.5) is 0 Å². The van der Waals surface area contributed by atoms with Crippen molar-refractivity contribution in [3.8, 4) is 11.5 Å². The van der Waals surface area contributed by atoms with E-state index in [1.807, 2.05) is 30.3 Å². The van der Waals surface area contributed by atoms with Gasteiger partial charge < -0.3 is 20.1 Å². The average Bonchev–Trinajstić information content (AvgIpc) is 2.99. The fourth-order valence-electron chi connectivity index (χ4n) is 2.75. The number of ether oxygens (including phenoxy) is 2. The van der Waals surface area contributed by atoms with Gasteiger partial charge in [0.25, 0.3) is 0 Å². The van der Waals surface area contributed by atoms with E-state index >= 15 is 0 Å². The van der Waals surface area contributed by atoms with Gasteiger partial charge in [0.1, 0.15) is 6.04 Å². The number of nitrogens with two attached hydrogens (primary N) is 1. The molecule has 7 heteroatoms. The third-order valence-corrected chi connectivity index (χ3v) is 5.62. The van der Waals surface area contributed by atoms with Crippen LogP contribution in [0.3, 0.4) is 0 Å². The van der Waals surface area contributed by atoms with E-state index in [-0.39, 0.29) is 11.9 Å². The Morgan fingerprint density at radius 1 is 1.22 bits per heavy atom. The van der Waals surface area contributed by atoms with E-state index in [0.29, 0.717) is 18.0 Å². The SMILES string of the molecule is COc1ccc(CN2C(=O)[C@H](N)[C@H]2c2ccc(Br)s2)cc1OC. The molecule has 3 rings (SSSR count). The summed E-state index contributed by atoms with van der Waals surface area (Å²) in [5.41, 5.74) is 6.98. The molecule has 0 spiro atoms. The van der Waals surface area contributed by atoms with Gasteiger partial charge in [-0.15, -0.1) is 11.3 Å². The fourth-order valence-corrected chi connectivity index (χ4v) is 4.33. The molecule has 1 saturated heterocycles. The molecule has 2 N–H and O–H groups in total. The first-order chi connectivity index (χ1) is 11.0. The highest BCUT2D eigenvalue weighted by atomic mass is 79.9. The van der Waals surface area contributed by atoms with Crippen LogP contribution in [0.5, 0.6) is 11.5 Å². The van der Waals surface area contributed by atoms with Crippen molar-refractivity contribution in [3.63, 3.8) is 0 Å². The Bertz CT molecular complexity index is 734. The maximum atomic E-state index is 12.2. The first kappa shape index (κ1) is 16.3. The topological polar surface area (TPSA) is 64.8 Å². The molecular formula is C16H17BrN2O3S. The van der Waals surface area contributed by atoms with Gasteiger partial charge in [0, 0.05) is 11.4 Å². The van der Waals surface area contributed by atoms with E-state index in [1.165, 1.54) is 0 Å². The molecule has 2 aromatic rings. The Kier molecular flexibility index (Phi) is 4.61. The van der Waals surface area contributed by atoms with E-state index in [4.69, 9.17) is 15.2 Å². The lowest BCUT2D eigenvalue weighted by atomic mass is 9.93. The molecule has 23 heavy (non-hydrogen) atoms.